The lowest BCUT2D eigenvalue weighted by Crippen LogP contribution is -2.43. The van der Waals surface area contributed by atoms with Crippen LogP contribution in [0.15, 0.2) is 6.07 Å². The van der Waals surface area contributed by atoms with Gasteiger partial charge >= 0.3 is 11.9 Å². The van der Waals surface area contributed by atoms with Gasteiger partial charge in [-0.1, -0.05) is 0 Å². The molecule has 0 aromatic carbocycles. The van der Waals surface area contributed by atoms with E-state index in [0.717, 1.165) is 23.4 Å². The third-order valence-electron chi connectivity index (χ3n) is 3.35. The van der Waals surface area contributed by atoms with Gasteiger partial charge in [0, 0.05) is 18.0 Å². The molecule has 2 heterocycles. The Bertz CT molecular complexity index is 523. The van der Waals surface area contributed by atoms with Crippen molar-refractivity contribution in [2.45, 2.75) is 45.9 Å². The largest absolute Gasteiger partial charge is 0.477 e. The van der Waals surface area contributed by atoms with Crippen LogP contribution in [0.1, 0.15) is 40.9 Å². The molecule has 1 aliphatic heterocycles. The minimum absolute atomic E-state index is 0.120. The zero-order valence-corrected chi connectivity index (χ0v) is 12.7. The normalized spacial score (nSPS) is 16.8. The first-order chi connectivity index (χ1) is 9.38. The van der Waals surface area contributed by atoms with Gasteiger partial charge in [-0.3, -0.25) is 9.69 Å². The molecular formula is C14H19NO4S. The summed E-state index contributed by atoms with van der Waals surface area (Å²) in [6.07, 6.45) is 0.664. The molecule has 1 unspecified atom stereocenters. The highest BCUT2D eigenvalue weighted by molar-refractivity contribution is 7.14. The van der Waals surface area contributed by atoms with Crippen molar-refractivity contribution < 1.29 is 19.4 Å². The summed E-state index contributed by atoms with van der Waals surface area (Å²) in [6.45, 7) is 6.85. The van der Waals surface area contributed by atoms with Crippen LogP contribution < -0.4 is 0 Å². The molecule has 6 heteroatoms. The molecule has 1 atom stereocenters. The number of carboxylic acids is 1. The topological polar surface area (TPSA) is 66.8 Å². The fraction of sp³-hybridized carbons (Fsp3) is 0.571. The van der Waals surface area contributed by atoms with Gasteiger partial charge in [0.15, 0.2) is 0 Å². The van der Waals surface area contributed by atoms with Crippen LogP contribution in [-0.2, 0) is 22.5 Å². The maximum absolute atomic E-state index is 11.9. The molecule has 0 fully saturated rings. The van der Waals surface area contributed by atoms with Gasteiger partial charge in [-0.15, -0.1) is 11.3 Å². The Morgan fingerprint density at radius 1 is 1.40 bits per heavy atom. The second-order valence-electron chi connectivity index (χ2n) is 5.25. The molecule has 2 rings (SSSR count). The predicted molar refractivity (Wildman–Crippen MR) is 76.1 cm³/mol. The Morgan fingerprint density at radius 3 is 2.70 bits per heavy atom. The van der Waals surface area contributed by atoms with Gasteiger partial charge in [0.25, 0.3) is 0 Å². The summed E-state index contributed by atoms with van der Waals surface area (Å²) in [5, 5.41) is 9.02. The van der Waals surface area contributed by atoms with Crippen molar-refractivity contribution in [3.63, 3.8) is 0 Å². The highest BCUT2D eigenvalue weighted by Gasteiger charge is 2.28. The van der Waals surface area contributed by atoms with E-state index in [1.807, 2.05) is 25.7 Å². The Hall–Kier alpha value is -1.40. The molecule has 1 aromatic heterocycles. The van der Waals surface area contributed by atoms with Crippen molar-refractivity contribution >= 4 is 23.3 Å². The van der Waals surface area contributed by atoms with E-state index in [9.17, 15) is 9.59 Å². The number of carbonyl (C=O) groups excluding carboxylic acids is 1. The van der Waals surface area contributed by atoms with Crippen molar-refractivity contribution in [2.75, 3.05) is 6.54 Å². The van der Waals surface area contributed by atoms with Gasteiger partial charge in [0.05, 0.1) is 6.10 Å². The predicted octanol–water partition coefficient (Wildman–Crippen LogP) is 2.14. The Balaban J connectivity index is 2.06. The number of thiophene rings is 1. The van der Waals surface area contributed by atoms with Crippen molar-refractivity contribution in [2.24, 2.45) is 0 Å². The second kappa shape index (κ2) is 5.93. The molecule has 0 amide bonds. The monoisotopic (exact) mass is 297 g/mol. The number of fused-ring (bicyclic) bond motifs is 1. The minimum Gasteiger partial charge on any atom is -0.477 e. The lowest BCUT2D eigenvalue weighted by Gasteiger charge is -2.31. The lowest BCUT2D eigenvalue weighted by atomic mass is 10.1. The van der Waals surface area contributed by atoms with Crippen LogP contribution >= 0.6 is 11.3 Å². The average molecular weight is 297 g/mol. The number of nitrogens with zero attached hydrogens (tertiary/aromatic N) is 1. The van der Waals surface area contributed by atoms with Crippen LogP contribution in [0.2, 0.25) is 0 Å². The first-order valence-electron chi connectivity index (χ1n) is 6.68. The first-order valence-corrected chi connectivity index (χ1v) is 7.49. The van der Waals surface area contributed by atoms with E-state index in [-0.39, 0.29) is 18.1 Å². The lowest BCUT2D eigenvalue weighted by molar-refractivity contribution is -0.153. The van der Waals surface area contributed by atoms with E-state index in [4.69, 9.17) is 9.84 Å². The summed E-state index contributed by atoms with van der Waals surface area (Å²) in [4.78, 5) is 26.4. The number of rotatable bonds is 4. The zero-order chi connectivity index (χ0) is 14.9. The second-order valence-corrected chi connectivity index (χ2v) is 6.38. The number of esters is 1. The third kappa shape index (κ3) is 3.19. The van der Waals surface area contributed by atoms with Crippen LogP contribution in [0.5, 0.6) is 0 Å². The van der Waals surface area contributed by atoms with E-state index in [0.29, 0.717) is 11.4 Å². The van der Waals surface area contributed by atoms with Gasteiger partial charge in [-0.2, -0.15) is 0 Å². The number of carboxylic acid groups (broad SMARTS) is 1. The summed E-state index contributed by atoms with van der Waals surface area (Å²) < 4.78 is 5.22. The van der Waals surface area contributed by atoms with E-state index >= 15 is 0 Å². The van der Waals surface area contributed by atoms with Gasteiger partial charge in [0.2, 0.25) is 0 Å². The summed E-state index contributed by atoms with van der Waals surface area (Å²) in [7, 11) is 0. The number of ether oxygens (including phenoxy) is 1. The number of aromatic carboxylic acids is 1. The maximum atomic E-state index is 11.9. The van der Waals surface area contributed by atoms with E-state index in [1.165, 1.54) is 11.3 Å². The zero-order valence-electron chi connectivity index (χ0n) is 11.9. The first kappa shape index (κ1) is 15.0. The molecule has 20 heavy (non-hydrogen) atoms. The standard InChI is InChI=1S/C14H19NO4S/c1-8(2)19-14(18)9(3)15-5-4-11-10(7-15)6-12(20-11)13(16)17/h6,8-9H,4-5,7H2,1-3H3,(H,16,17). The van der Waals surface area contributed by atoms with Crippen molar-refractivity contribution in [3.05, 3.63) is 21.4 Å². The smallest absolute Gasteiger partial charge is 0.345 e. The molecule has 0 saturated heterocycles. The van der Waals surface area contributed by atoms with E-state index < -0.39 is 5.97 Å². The Kier molecular flexibility index (Phi) is 4.45. The average Bonchev–Trinajstić information content (AvgIpc) is 2.79. The van der Waals surface area contributed by atoms with Crippen LogP contribution in [0.3, 0.4) is 0 Å². The molecule has 5 nitrogen and oxygen atoms in total. The van der Waals surface area contributed by atoms with Gasteiger partial charge in [-0.25, -0.2) is 4.79 Å². The van der Waals surface area contributed by atoms with E-state index in [1.54, 1.807) is 6.07 Å². The fourth-order valence-corrected chi connectivity index (χ4v) is 3.27. The fourth-order valence-electron chi connectivity index (χ4n) is 2.27. The van der Waals surface area contributed by atoms with E-state index in [2.05, 4.69) is 0 Å². The molecular weight excluding hydrogens is 278 g/mol. The maximum Gasteiger partial charge on any atom is 0.345 e. The molecule has 1 aromatic rings. The molecule has 0 radical (unpaired) electrons. The molecule has 0 saturated carbocycles. The quantitative estimate of drug-likeness (QED) is 0.863. The molecule has 110 valence electrons. The van der Waals surface area contributed by atoms with Crippen LogP contribution in [-0.4, -0.2) is 40.6 Å². The number of hydrogen-bond acceptors (Lipinski definition) is 5. The summed E-state index contributed by atoms with van der Waals surface area (Å²) in [6, 6.07) is 1.41. The Morgan fingerprint density at radius 2 is 2.10 bits per heavy atom. The summed E-state index contributed by atoms with van der Waals surface area (Å²) >= 11 is 1.33. The van der Waals surface area contributed by atoms with Crippen LogP contribution in [0, 0.1) is 0 Å². The number of hydrogen-bond donors (Lipinski definition) is 1. The summed E-state index contributed by atoms with van der Waals surface area (Å²) in [5.41, 5.74) is 1.02. The number of carbonyl (C=O) groups is 2. The molecule has 0 bridgehead atoms. The highest BCUT2D eigenvalue weighted by Crippen LogP contribution is 2.29. The van der Waals surface area contributed by atoms with Crippen LogP contribution in [0.25, 0.3) is 0 Å². The Labute approximate surface area is 122 Å². The molecule has 0 spiro atoms. The SMILES string of the molecule is CC(C)OC(=O)C(C)N1CCc2sc(C(=O)O)cc2C1. The van der Waals surface area contributed by atoms with Crippen molar-refractivity contribution in [3.8, 4) is 0 Å². The third-order valence-corrected chi connectivity index (χ3v) is 4.57. The van der Waals surface area contributed by atoms with Gasteiger partial charge in [-0.05, 0) is 38.8 Å². The summed E-state index contributed by atoms with van der Waals surface area (Å²) in [5.74, 6) is -1.11. The molecule has 0 aliphatic carbocycles. The van der Waals surface area contributed by atoms with Crippen molar-refractivity contribution in [1.29, 1.82) is 0 Å². The van der Waals surface area contributed by atoms with Crippen molar-refractivity contribution in [1.82, 2.24) is 4.90 Å². The molecule has 1 aliphatic rings. The van der Waals surface area contributed by atoms with Crippen LogP contribution in [0.4, 0.5) is 0 Å². The molecule has 1 N–H and O–H groups in total. The van der Waals surface area contributed by atoms with Gasteiger partial charge < -0.3 is 9.84 Å². The highest BCUT2D eigenvalue weighted by atomic mass is 32.1. The van der Waals surface area contributed by atoms with Gasteiger partial charge in [0.1, 0.15) is 10.9 Å². The minimum atomic E-state index is -0.886.